The van der Waals surface area contributed by atoms with E-state index in [9.17, 15) is 18.0 Å². The van der Waals surface area contributed by atoms with E-state index in [0.717, 1.165) is 42.5 Å². The summed E-state index contributed by atoms with van der Waals surface area (Å²) in [5, 5.41) is 7.75. The van der Waals surface area contributed by atoms with Crippen molar-refractivity contribution in [2.75, 3.05) is 6.54 Å². The lowest BCUT2D eigenvalue weighted by atomic mass is 10.1. The molecule has 1 fully saturated rings. The van der Waals surface area contributed by atoms with Crippen molar-refractivity contribution < 1.29 is 13.2 Å². The molecule has 9 heteroatoms. The second-order valence-electron chi connectivity index (χ2n) is 8.10. The van der Waals surface area contributed by atoms with Crippen molar-refractivity contribution in [2.45, 2.75) is 57.4 Å². The molecule has 1 saturated heterocycles. The van der Waals surface area contributed by atoms with E-state index in [4.69, 9.17) is 0 Å². The molecule has 1 aliphatic heterocycles. The van der Waals surface area contributed by atoms with Crippen LogP contribution in [0.25, 0.3) is 10.9 Å². The van der Waals surface area contributed by atoms with Crippen LogP contribution in [-0.4, -0.2) is 37.4 Å². The van der Waals surface area contributed by atoms with Gasteiger partial charge in [0.2, 0.25) is 0 Å². The highest BCUT2D eigenvalue weighted by Gasteiger charge is 2.36. The Morgan fingerprint density at radius 3 is 2.83 bits per heavy atom. The van der Waals surface area contributed by atoms with Crippen LogP contribution in [-0.2, 0) is 25.9 Å². The molecular weight excluding hydrogens is 395 g/mol. The molecule has 0 bridgehead atoms. The Labute approximate surface area is 170 Å². The Kier molecular flexibility index (Phi) is 4.65. The van der Waals surface area contributed by atoms with Crippen LogP contribution in [0.3, 0.4) is 0 Å². The lowest BCUT2D eigenvalue weighted by Gasteiger charge is -2.26. The van der Waals surface area contributed by atoms with E-state index in [1.54, 1.807) is 18.2 Å². The molecular formula is C21H22F3N5O. The minimum atomic E-state index is -4.50. The molecule has 0 radical (unpaired) electrons. The molecule has 1 aromatic carbocycles. The van der Waals surface area contributed by atoms with Crippen LogP contribution in [0.5, 0.6) is 0 Å². The van der Waals surface area contributed by atoms with Gasteiger partial charge in [0.25, 0.3) is 5.56 Å². The second kappa shape index (κ2) is 7.23. The van der Waals surface area contributed by atoms with Gasteiger partial charge in [-0.15, -0.1) is 0 Å². The first-order chi connectivity index (χ1) is 14.4. The predicted molar refractivity (Wildman–Crippen MR) is 105 cm³/mol. The molecule has 1 atom stereocenters. The lowest BCUT2D eigenvalue weighted by molar-refractivity contribution is -0.142. The van der Waals surface area contributed by atoms with E-state index in [-0.39, 0.29) is 17.3 Å². The maximum absolute atomic E-state index is 13.3. The number of halogens is 3. The maximum Gasteiger partial charge on any atom is 0.406 e. The third-order valence-electron chi connectivity index (χ3n) is 6.14. The van der Waals surface area contributed by atoms with Gasteiger partial charge in [-0.05, 0) is 56.3 Å². The summed E-state index contributed by atoms with van der Waals surface area (Å²) in [5.41, 5.74) is 3.15. The highest BCUT2D eigenvalue weighted by Crippen LogP contribution is 2.34. The summed E-state index contributed by atoms with van der Waals surface area (Å²) in [5.74, 6) is 0.195. The van der Waals surface area contributed by atoms with Gasteiger partial charge in [0, 0.05) is 12.2 Å². The first-order valence-corrected chi connectivity index (χ1v) is 10.3. The molecule has 6 nitrogen and oxygen atoms in total. The molecule has 3 aromatic rings. The molecule has 1 aliphatic carbocycles. The highest BCUT2D eigenvalue weighted by atomic mass is 19.4. The number of nitrogens with zero attached hydrogens (tertiary/aromatic N) is 4. The first-order valence-electron chi connectivity index (χ1n) is 10.3. The molecule has 1 N–H and O–H groups in total. The van der Waals surface area contributed by atoms with E-state index in [1.807, 2.05) is 0 Å². The largest absolute Gasteiger partial charge is 0.406 e. The van der Waals surface area contributed by atoms with Gasteiger partial charge >= 0.3 is 6.18 Å². The fourth-order valence-electron chi connectivity index (χ4n) is 4.79. The summed E-state index contributed by atoms with van der Waals surface area (Å²) < 4.78 is 40.8. The third-order valence-corrected chi connectivity index (χ3v) is 6.14. The molecule has 2 aliphatic rings. The van der Waals surface area contributed by atoms with Gasteiger partial charge in [-0.2, -0.15) is 18.3 Å². The Bertz CT molecular complexity index is 1150. The topological polar surface area (TPSA) is 66.8 Å². The van der Waals surface area contributed by atoms with Crippen molar-refractivity contribution in [1.29, 1.82) is 0 Å². The quantitative estimate of drug-likeness (QED) is 0.706. The summed E-state index contributed by atoms with van der Waals surface area (Å²) in [7, 11) is 0. The number of hydrogen-bond donors (Lipinski definition) is 1. The van der Waals surface area contributed by atoms with Crippen LogP contribution in [0.15, 0.2) is 29.1 Å². The number of nitrogens with one attached hydrogen (secondary N) is 1. The van der Waals surface area contributed by atoms with Crippen molar-refractivity contribution in [3.05, 3.63) is 57.4 Å². The highest BCUT2D eigenvalue weighted by molar-refractivity contribution is 5.77. The molecule has 3 heterocycles. The molecule has 1 unspecified atom stereocenters. The fraction of sp³-hybridized carbons (Fsp3) is 0.476. The Morgan fingerprint density at radius 1 is 1.17 bits per heavy atom. The summed E-state index contributed by atoms with van der Waals surface area (Å²) in [6.45, 7) is -0.0482. The van der Waals surface area contributed by atoms with Crippen molar-refractivity contribution in [2.24, 2.45) is 0 Å². The van der Waals surface area contributed by atoms with Crippen LogP contribution >= 0.6 is 0 Å². The van der Waals surface area contributed by atoms with Crippen molar-refractivity contribution in [1.82, 2.24) is 24.6 Å². The van der Waals surface area contributed by atoms with Crippen molar-refractivity contribution in [3.63, 3.8) is 0 Å². The zero-order valence-electron chi connectivity index (χ0n) is 16.4. The molecule has 5 rings (SSSR count). The van der Waals surface area contributed by atoms with Gasteiger partial charge in [-0.25, -0.2) is 4.98 Å². The van der Waals surface area contributed by atoms with Gasteiger partial charge in [-0.3, -0.25) is 19.4 Å². The molecule has 158 valence electrons. The molecule has 0 saturated carbocycles. The van der Waals surface area contributed by atoms with E-state index in [1.165, 1.54) is 17.3 Å². The third kappa shape index (κ3) is 3.40. The number of aromatic nitrogens is 4. The van der Waals surface area contributed by atoms with Gasteiger partial charge in [0.05, 0.1) is 22.6 Å². The maximum atomic E-state index is 13.3. The average molecular weight is 417 g/mol. The minimum absolute atomic E-state index is 0.195. The summed E-state index contributed by atoms with van der Waals surface area (Å²) in [6, 6.07) is 6.24. The number of aryl methyl sites for hydroxylation is 1. The number of likely N-dealkylation sites (tertiary alicyclic amines) is 1. The summed E-state index contributed by atoms with van der Waals surface area (Å²) in [4.78, 5) is 19.6. The standard InChI is InChI=1S/C21H22F3N5O/c22-21(23,24)12-29-19(25-15-7-2-1-5-14(15)20(29)30)18-9-4-10-28(18)11-17-13-6-3-8-16(13)26-27-17/h1-2,5,7,18H,3-4,6,8-12H2,(H,26,27). The average Bonchev–Trinajstić information content (AvgIpc) is 3.42. The smallest absolute Gasteiger partial charge is 0.287 e. The fourth-order valence-corrected chi connectivity index (χ4v) is 4.79. The Hall–Kier alpha value is -2.68. The van der Waals surface area contributed by atoms with E-state index < -0.39 is 18.3 Å². The van der Waals surface area contributed by atoms with E-state index >= 15 is 0 Å². The van der Waals surface area contributed by atoms with Crippen molar-refractivity contribution >= 4 is 10.9 Å². The van der Waals surface area contributed by atoms with E-state index in [2.05, 4.69) is 20.1 Å². The first kappa shape index (κ1) is 19.3. The molecule has 0 amide bonds. The van der Waals surface area contributed by atoms with E-state index in [0.29, 0.717) is 18.5 Å². The monoisotopic (exact) mass is 417 g/mol. The molecule has 30 heavy (non-hydrogen) atoms. The van der Waals surface area contributed by atoms with Crippen LogP contribution < -0.4 is 5.56 Å². The number of aromatic amines is 1. The number of benzene rings is 1. The van der Waals surface area contributed by atoms with Gasteiger partial charge < -0.3 is 0 Å². The number of hydrogen-bond acceptors (Lipinski definition) is 4. The summed E-state index contributed by atoms with van der Waals surface area (Å²) >= 11 is 0. The van der Waals surface area contributed by atoms with Crippen LogP contribution in [0.2, 0.25) is 0 Å². The zero-order valence-corrected chi connectivity index (χ0v) is 16.4. The second-order valence-corrected chi connectivity index (χ2v) is 8.10. The van der Waals surface area contributed by atoms with Crippen molar-refractivity contribution in [3.8, 4) is 0 Å². The SMILES string of the molecule is O=c1c2ccccc2nc(C2CCCN2Cc2n[nH]c3c2CCC3)n1CC(F)(F)F. The number of fused-ring (bicyclic) bond motifs is 2. The lowest BCUT2D eigenvalue weighted by Crippen LogP contribution is -2.35. The predicted octanol–water partition coefficient (Wildman–Crippen LogP) is 3.51. The van der Waals surface area contributed by atoms with Crippen LogP contribution in [0, 0.1) is 0 Å². The van der Waals surface area contributed by atoms with Crippen LogP contribution in [0.1, 0.15) is 48.1 Å². The number of H-pyrrole nitrogens is 1. The van der Waals surface area contributed by atoms with Gasteiger partial charge in [0.15, 0.2) is 0 Å². The molecule has 2 aromatic heterocycles. The van der Waals surface area contributed by atoms with Crippen LogP contribution in [0.4, 0.5) is 13.2 Å². The normalized spacial score (nSPS) is 19.6. The number of alkyl halides is 3. The summed E-state index contributed by atoms with van der Waals surface area (Å²) in [6.07, 6.45) is 0.0592. The van der Waals surface area contributed by atoms with Gasteiger partial charge in [-0.1, -0.05) is 12.1 Å². The number of para-hydroxylation sites is 1. The van der Waals surface area contributed by atoms with Gasteiger partial charge in [0.1, 0.15) is 12.4 Å². The molecule has 0 spiro atoms. The number of rotatable bonds is 4. The Balaban J connectivity index is 1.56. The minimum Gasteiger partial charge on any atom is -0.287 e. The zero-order chi connectivity index (χ0) is 20.9. The Morgan fingerprint density at radius 2 is 2.00 bits per heavy atom.